The highest BCUT2D eigenvalue weighted by atomic mass is 35.5. The number of nitrogens with zero attached hydrogens (tertiary/aromatic N) is 2. The minimum atomic E-state index is -0.789. The zero-order valence-corrected chi connectivity index (χ0v) is 12.1. The van der Waals surface area contributed by atoms with Crippen LogP contribution in [0.2, 0.25) is 0 Å². The summed E-state index contributed by atoms with van der Waals surface area (Å²) in [5, 5.41) is 9.30. The van der Waals surface area contributed by atoms with Gasteiger partial charge >= 0.3 is 6.09 Å². The van der Waals surface area contributed by atoms with Crippen molar-refractivity contribution in [3.8, 4) is 0 Å². The molecule has 4 nitrogen and oxygen atoms in total. The Labute approximate surface area is 110 Å². The summed E-state index contributed by atoms with van der Waals surface area (Å²) in [5.74, 6) is 0. The van der Waals surface area contributed by atoms with E-state index in [0.717, 1.165) is 32.5 Å². The van der Waals surface area contributed by atoms with Crippen LogP contribution in [0.1, 0.15) is 40.5 Å². The molecular formula is C12H25ClN2O2. The van der Waals surface area contributed by atoms with Crippen molar-refractivity contribution in [1.29, 1.82) is 0 Å². The fourth-order valence-corrected chi connectivity index (χ4v) is 2.48. The van der Waals surface area contributed by atoms with Crippen LogP contribution < -0.4 is 0 Å². The third kappa shape index (κ3) is 4.36. The molecule has 0 aliphatic carbocycles. The Balaban J connectivity index is 0.00000256. The summed E-state index contributed by atoms with van der Waals surface area (Å²) in [5.41, 5.74) is -0.301. The van der Waals surface area contributed by atoms with Gasteiger partial charge in [0.2, 0.25) is 0 Å². The van der Waals surface area contributed by atoms with Crippen LogP contribution in [0.15, 0.2) is 0 Å². The summed E-state index contributed by atoms with van der Waals surface area (Å²) in [7, 11) is 0. The fourth-order valence-electron chi connectivity index (χ4n) is 2.48. The third-order valence-electron chi connectivity index (χ3n) is 3.30. The van der Waals surface area contributed by atoms with Gasteiger partial charge in [0.1, 0.15) is 0 Å². The second kappa shape index (κ2) is 6.45. The Hall–Kier alpha value is -0.480. The molecule has 0 aromatic rings. The van der Waals surface area contributed by atoms with E-state index in [0.29, 0.717) is 0 Å². The maximum Gasteiger partial charge on any atom is 0.407 e. The monoisotopic (exact) mass is 264 g/mol. The quantitative estimate of drug-likeness (QED) is 0.834. The van der Waals surface area contributed by atoms with Crippen LogP contribution in [0.5, 0.6) is 0 Å². The standard InChI is InChI=1S/C12H24N2O2.ClH/c1-5-13-8-6-10(7-9-13)14(11(15)16)12(2,3)4;/h10H,5-9H2,1-4H3,(H,15,16);1H. The van der Waals surface area contributed by atoms with Crippen molar-refractivity contribution < 1.29 is 9.90 Å². The second-order valence-electron chi connectivity index (χ2n) is 5.49. The van der Waals surface area contributed by atoms with Crippen LogP contribution in [0.4, 0.5) is 4.79 Å². The molecule has 1 aliphatic rings. The first-order valence-corrected chi connectivity index (χ1v) is 6.11. The number of carbonyl (C=O) groups is 1. The van der Waals surface area contributed by atoms with E-state index in [1.807, 2.05) is 20.8 Å². The summed E-state index contributed by atoms with van der Waals surface area (Å²) < 4.78 is 0. The molecule has 1 rings (SSSR count). The molecule has 0 spiro atoms. The van der Waals surface area contributed by atoms with Crippen molar-refractivity contribution in [2.75, 3.05) is 19.6 Å². The summed E-state index contributed by atoms with van der Waals surface area (Å²) in [4.78, 5) is 15.3. The molecule has 0 bridgehead atoms. The molecule has 0 aromatic carbocycles. The predicted octanol–water partition coefficient (Wildman–Crippen LogP) is 2.67. The highest BCUT2D eigenvalue weighted by molar-refractivity contribution is 5.85. The Morgan fingerprint density at radius 1 is 1.35 bits per heavy atom. The number of hydrogen-bond donors (Lipinski definition) is 1. The largest absolute Gasteiger partial charge is 0.465 e. The molecule has 1 fully saturated rings. The third-order valence-corrected chi connectivity index (χ3v) is 3.30. The van der Waals surface area contributed by atoms with Crippen LogP contribution >= 0.6 is 12.4 Å². The van der Waals surface area contributed by atoms with Crippen molar-refractivity contribution in [3.05, 3.63) is 0 Å². The zero-order valence-electron chi connectivity index (χ0n) is 11.3. The fraction of sp³-hybridized carbons (Fsp3) is 0.917. The van der Waals surface area contributed by atoms with Gasteiger partial charge in [0, 0.05) is 24.7 Å². The van der Waals surface area contributed by atoms with E-state index in [-0.39, 0.29) is 24.0 Å². The van der Waals surface area contributed by atoms with E-state index in [9.17, 15) is 9.90 Å². The molecule has 0 saturated carbocycles. The molecule has 0 atom stereocenters. The smallest absolute Gasteiger partial charge is 0.407 e. The van der Waals surface area contributed by atoms with Crippen LogP contribution in [-0.4, -0.2) is 52.2 Å². The van der Waals surface area contributed by atoms with Crippen molar-refractivity contribution in [3.63, 3.8) is 0 Å². The number of piperidine rings is 1. The second-order valence-corrected chi connectivity index (χ2v) is 5.49. The molecule has 0 radical (unpaired) electrons. The maximum absolute atomic E-state index is 11.3. The van der Waals surface area contributed by atoms with Gasteiger partial charge in [-0.3, -0.25) is 0 Å². The van der Waals surface area contributed by atoms with Crippen LogP contribution in [0, 0.1) is 0 Å². The average Bonchev–Trinajstić information content (AvgIpc) is 2.16. The molecule has 1 amide bonds. The van der Waals surface area contributed by atoms with Gasteiger partial charge in [-0.1, -0.05) is 6.92 Å². The van der Waals surface area contributed by atoms with Crippen LogP contribution in [0.3, 0.4) is 0 Å². The van der Waals surface area contributed by atoms with E-state index in [4.69, 9.17) is 0 Å². The molecule has 0 unspecified atom stereocenters. The molecule has 17 heavy (non-hydrogen) atoms. The molecule has 0 aromatic heterocycles. The van der Waals surface area contributed by atoms with E-state index < -0.39 is 6.09 Å². The lowest BCUT2D eigenvalue weighted by atomic mass is 9.97. The maximum atomic E-state index is 11.3. The molecule has 1 heterocycles. The number of carboxylic acid groups (broad SMARTS) is 1. The molecule has 102 valence electrons. The van der Waals surface area contributed by atoms with Crippen molar-refractivity contribution in [2.45, 2.75) is 52.1 Å². The lowest BCUT2D eigenvalue weighted by Crippen LogP contribution is -2.54. The Morgan fingerprint density at radius 2 is 1.82 bits per heavy atom. The minimum Gasteiger partial charge on any atom is -0.465 e. The molecular weight excluding hydrogens is 240 g/mol. The van der Waals surface area contributed by atoms with Crippen LogP contribution in [0.25, 0.3) is 0 Å². The highest BCUT2D eigenvalue weighted by Crippen LogP contribution is 2.24. The molecule has 5 heteroatoms. The number of likely N-dealkylation sites (tertiary alicyclic amines) is 1. The first kappa shape index (κ1) is 16.5. The van der Waals surface area contributed by atoms with Crippen molar-refractivity contribution >= 4 is 18.5 Å². The van der Waals surface area contributed by atoms with E-state index in [2.05, 4.69) is 11.8 Å². The van der Waals surface area contributed by atoms with Gasteiger partial charge in [0.25, 0.3) is 0 Å². The van der Waals surface area contributed by atoms with Gasteiger partial charge in [0.15, 0.2) is 0 Å². The Bertz CT molecular complexity index is 245. The number of halogens is 1. The number of rotatable bonds is 2. The van der Waals surface area contributed by atoms with Crippen molar-refractivity contribution in [1.82, 2.24) is 9.80 Å². The lowest BCUT2D eigenvalue weighted by Gasteiger charge is -2.43. The van der Waals surface area contributed by atoms with Crippen molar-refractivity contribution in [2.24, 2.45) is 0 Å². The first-order chi connectivity index (χ1) is 7.36. The average molecular weight is 265 g/mol. The molecule has 1 N–H and O–H groups in total. The number of hydrogen-bond acceptors (Lipinski definition) is 2. The van der Waals surface area contributed by atoms with Gasteiger partial charge in [-0.25, -0.2) is 4.79 Å². The summed E-state index contributed by atoms with van der Waals surface area (Å²) in [6, 6.07) is 0.181. The summed E-state index contributed by atoms with van der Waals surface area (Å²) >= 11 is 0. The van der Waals surface area contributed by atoms with Crippen LogP contribution in [-0.2, 0) is 0 Å². The van der Waals surface area contributed by atoms with Gasteiger partial charge < -0.3 is 14.9 Å². The minimum absolute atomic E-state index is 0. The Morgan fingerprint density at radius 3 is 2.12 bits per heavy atom. The highest BCUT2D eigenvalue weighted by Gasteiger charge is 2.34. The van der Waals surface area contributed by atoms with E-state index >= 15 is 0 Å². The van der Waals surface area contributed by atoms with Gasteiger partial charge in [-0.15, -0.1) is 12.4 Å². The van der Waals surface area contributed by atoms with Gasteiger partial charge in [-0.2, -0.15) is 0 Å². The lowest BCUT2D eigenvalue weighted by molar-refractivity contribution is 0.0431. The predicted molar refractivity (Wildman–Crippen MR) is 72.0 cm³/mol. The molecule has 1 aliphatic heterocycles. The number of amides is 1. The molecule has 1 saturated heterocycles. The van der Waals surface area contributed by atoms with E-state index in [1.54, 1.807) is 4.90 Å². The van der Waals surface area contributed by atoms with Gasteiger partial charge in [0.05, 0.1) is 0 Å². The summed E-state index contributed by atoms with van der Waals surface area (Å²) in [6.07, 6.45) is 1.12. The summed E-state index contributed by atoms with van der Waals surface area (Å²) in [6.45, 7) is 11.1. The normalized spacial score (nSPS) is 18.6. The zero-order chi connectivity index (χ0) is 12.3. The SMILES string of the molecule is CCN1CCC(N(C(=O)O)C(C)(C)C)CC1.Cl. The Kier molecular flexibility index (Phi) is 6.27. The first-order valence-electron chi connectivity index (χ1n) is 6.11. The van der Waals surface area contributed by atoms with E-state index in [1.165, 1.54) is 0 Å². The van der Waals surface area contributed by atoms with Gasteiger partial charge in [-0.05, 0) is 40.2 Å². The topological polar surface area (TPSA) is 43.8 Å².